The summed E-state index contributed by atoms with van der Waals surface area (Å²) in [6.45, 7) is 7.67. The SMILES string of the molecule is CCNc1cc(NC2CCCC(C)C2C)nc(SC)n1. The van der Waals surface area contributed by atoms with Gasteiger partial charge in [-0.1, -0.05) is 38.5 Å². The van der Waals surface area contributed by atoms with E-state index in [0.717, 1.165) is 29.3 Å². The number of thioether (sulfide) groups is 1. The highest BCUT2D eigenvalue weighted by atomic mass is 32.2. The summed E-state index contributed by atoms with van der Waals surface area (Å²) in [4.78, 5) is 9.06. The van der Waals surface area contributed by atoms with Crippen molar-refractivity contribution in [3.63, 3.8) is 0 Å². The lowest BCUT2D eigenvalue weighted by Crippen LogP contribution is -2.35. The summed E-state index contributed by atoms with van der Waals surface area (Å²) >= 11 is 1.58. The van der Waals surface area contributed by atoms with E-state index in [4.69, 9.17) is 0 Å². The van der Waals surface area contributed by atoms with Crippen LogP contribution in [-0.2, 0) is 0 Å². The quantitative estimate of drug-likeness (QED) is 0.638. The maximum absolute atomic E-state index is 4.59. The van der Waals surface area contributed by atoms with E-state index in [1.54, 1.807) is 11.8 Å². The van der Waals surface area contributed by atoms with Crippen molar-refractivity contribution in [3.8, 4) is 0 Å². The van der Waals surface area contributed by atoms with Crippen LogP contribution in [0, 0.1) is 11.8 Å². The fourth-order valence-corrected chi connectivity index (χ4v) is 3.22. The van der Waals surface area contributed by atoms with Crippen LogP contribution in [-0.4, -0.2) is 28.8 Å². The first-order chi connectivity index (χ1) is 9.63. The molecule has 0 radical (unpaired) electrons. The molecule has 0 spiro atoms. The largest absolute Gasteiger partial charge is 0.370 e. The van der Waals surface area contributed by atoms with Crippen molar-refractivity contribution in [2.24, 2.45) is 11.8 Å². The molecule has 1 aromatic rings. The van der Waals surface area contributed by atoms with Crippen LogP contribution in [0.5, 0.6) is 0 Å². The van der Waals surface area contributed by atoms with Crippen molar-refractivity contribution in [2.45, 2.75) is 51.2 Å². The Kier molecular flexibility index (Phi) is 5.52. The van der Waals surface area contributed by atoms with Gasteiger partial charge in [-0.05, 0) is 31.4 Å². The highest BCUT2D eigenvalue weighted by molar-refractivity contribution is 7.98. The lowest BCUT2D eigenvalue weighted by atomic mass is 9.78. The zero-order valence-electron chi connectivity index (χ0n) is 12.9. The molecule has 1 saturated carbocycles. The topological polar surface area (TPSA) is 49.8 Å². The Balaban J connectivity index is 2.13. The van der Waals surface area contributed by atoms with Gasteiger partial charge in [-0.15, -0.1) is 0 Å². The number of nitrogens with zero attached hydrogens (tertiary/aromatic N) is 2. The Morgan fingerprint density at radius 3 is 2.70 bits per heavy atom. The molecule has 112 valence electrons. The maximum Gasteiger partial charge on any atom is 0.191 e. The molecule has 1 fully saturated rings. The van der Waals surface area contributed by atoms with Crippen molar-refractivity contribution < 1.29 is 0 Å². The lowest BCUT2D eigenvalue weighted by molar-refractivity contribution is 0.253. The molecule has 1 heterocycles. The molecule has 2 rings (SSSR count). The first-order valence-corrected chi connectivity index (χ1v) is 8.80. The summed E-state index contributed by atoms with van der Waals surface area (Å²) in [5.41, 5.74) is 0. The Labute approximate surface area is 126 Å². The summed E-state index contributed by atoms with van der Waals surface area (Å²) in [5.74, 6) is 3.34. The van der Waals surface area contributed by atoms with Crippen LogP contribution < -0.4 is 10.6 Å². The van der Waals surface area contributed by atoms with Crippen LogP contribution in [0.15, 0.2) is 11.2 Å². The average molecular weight is 294 g/mol. The molecule has 5 heteroatoms. The molecule has 1 aliphatic carbocycles. The predicted octanol–water partition coefficient (Wildman–Crippen LogP) is 3.87. The number of hydrogen-bond donors (Lipinski definition) is 2. The molecule has 3 unspecified atom stereocenters. The van der Waals surface area contributed by atoms with Crippen molar-refractivity contribution >= 4 is 23.4 Å². The zero-order chi connectivity index (χ0) is 14.5. The minimum absolute atomic E-state index is 0.526. The number of hydrogen-bond acceptors (Lipinski definition) is 5. The van der Waals surface area contributed by atoms with E-state index < -0.39 is 0 Å². The van der Waals surface area contributed by atoms with Crippen LogP contribution in [0.2, 0.25) is 0 Å². The van der Waals surface area contributed by atoms with Gasteiger partial charge >= 0.3 is 0 Å². The maximum atomic E-state index is 4.59. The van der Waals surface area contributed by atoms with Gasteiger partial charge in [0.15, 0.2) is 5.16 Å². The highest BCUT2D eigenvalue weighted by Crippen LogP contribution is 2.31. The molecular weight excluding hydrogens is 268 g/mol. The third-order valence-corrected chi connectivity index (χ3v) is 4.83. The highest BCUT2D eigenvalue weighted by Gasteiger charge is 2.27. The molecule has 4 nitrogen and oxygen atoms in total. The molecule has 1 aliphatic rings. The summed E-state index contributed by atoms with van der Waals surface area (Å²) in [6, 6.07) is 2.55. The predicted molar refractivity (Wildman–Crippen MR) is 87.6 cm³/mol. The van der Waals surface area contributed by atoms with Gasteiger partial charge in [0.05, 0.1) is 0 Å². The Morgan fingerprint density at radius 1 is 1.25 bits per heavy atom. The third kappa shape index (κ3) is 3.78. The van der Waals surface area contributed by atoms with E-state index in [2.05, 4.69) is 41.4 Å². The number of nitrogens with one attached hydrogen (secondary N) is 2. The summed E-state index contributed by atoms with van der Waals surface area (Å²) in [5, 5.41) is 7.73. The van der Waals surface area contributed by atoms with Gasteiger partial charge in [-0.25, -0.2) is 9.97 Å². The fourth-order valence-electron chi connectivity index (χ4n) is 2.84. The standard InChI is InChI=1S/C15H26N4S/c1-5-16-13-9-14(19-15(18-13)20-4)17-12-8-6-7-10(2)11(12)3/h9-12H,5-8H2,1-4H3,(H2,16,17,18,19). The molecule has 2 N–H and O–H groups in total. The van der Waals surface area contributed by atoms with Gasteiger partial charge in [0.25, 0.3) is 0 Å². The summed E-state index contributed by atoms with van der Waals surface area (Å²) < 4.78 is 0. The molecule has 3 atom stereocenters. The number of anilines is 2. The average Bonchev–Trinajstić information content (AvgIpc) is 2.44. The molecule has 0 aromatic carbocycles. The molecule has 0 bridgehead atoms. The van der Waals surface area contributed by atoms with Crippen LogP contribution in [0.1, 0.15) is 40.0 Å². The van der Waals surface area contributed by atoms with Gasteiger partial charge in [0.2, 0.25) is 0 Å². The van der Waals surface area contributed by atoms with Crippen molar-refractivity contribution in [2.75, 3.05) is 23.4 Å². The second-order valence-electron chi connectivity index (χ2n) is 5.67. The van der Waals surface area contributed by atoms with Crippen LogP contribution in [0.4, 0.5) is 11.6 Å². The van der Waals surface area contributed by atoms with Crippen LogP contribution in [0.25, 0.3) is 0 Å². The second kappa shape index (κ2) is 7.16. The third-order valence-electron chi connectivity index (χ3n) is 4.29. The van der Waals surface area contributed by atoms with Gasteiger partial charge in [-0.3, -0.25) is 0 Å². The number of rotatable bonds is 5. The number of aromatic nitrogens is 2. The van der Waals surface area contributed by atoms with Crippen molar-refractivity contribution in [1.29, 1.82) is 0 Å². The van der Waals surface area contributed by atoms with E-state index in [-0.39, 0.29) is 0 Å². The van der Waals surface area contributed by atoms with Crippen LogP contribution in [0.3, 0.4) is 0 Å². The monoisotopic (exact) mass is 294 g/mol. The minimum atomic E-state index is 0.526. The van der Waals surface area contributed by atoms with E-state index in [1.165, 1.54) is 19.3 Å². The summed E-state index contributed by atoms with van der Waals surface area (Å²) in [7, 11) is 0. The zero-order valence-corrected chi connectivity index (χ0v) is 13.8. The van der Waals surface area contributed by atoms with Crippen molar-refractivity contribution in [3.05, 3.63) is 6.07 Å². The Bertz CT molecular complexity index is 438. The summed E-state index contributed by atoms with van der Waals surface area (Å²) in [6.07, 6.45) is 5.91. The molecule has 20 heavy (non-hydrogen) atoms. The smallest absolute Gasteiger partial charge is 0.191 e. The Morgan fingerprint density at radius 2 is 2.00 bits per heavy atom. The van der Waals surface area contributed by atoms with E-state index in [1.807, 2.05) is 12.3 Å². The first-order valence-electron chi connectivity index (χ1n) is 7.57. The minimum Gasteiger partial charge on any atom is -0.370 e. The van der Waals surface area contributed by atoms with E-state index in [0.29, 0.717) is 12.0 Å². The van der Waals surface area contributed by atoms with E-state index >= 15 is 0 Å². The molecular formula is C15H26N4S. The normalized spacial score (nSPS) is 26.3. The van der Waals surface area contributed by atoms with Gasteiger partial charge in [0.1, 0.15) is 11.6 Å². The van der Waals surface area contributed by atoms with Crippen LogP contribution >= 0.6 is 11.8 Å². The molecule has 0 aliphatic heterocycles. The second-order valence-corrected chi connectivity index (χ2v) is 6.45. The van der Waals surface area contributed by atoms with Gasteiger partial charge in [0, 0.05) is 18.7 Å². The van der Waals surface area contributed by atoms with E-state index in [9.17, 15) is 0 Å². The Hall–Kier alpha value is -0.970. The molecule has 0 amide bonds. The molecule has 0 saturated heterocycles. The van der Waals surface area contributed by atoms with Gasteiger partial charge in [-0.2, -0.15) is 0 Å². The molecule has 1 aromatic heterocycles. The van der Waals surface area contributed by atoms with Crippen molar-refractivity contribution in [1.82, 2.24) is 9.97 Å². The van der Waals surface area contributed by atoms with Gasteiger partial charge < -0.3 is 10.6 Å². The lowest BCUT2D eigenvalue weighted by Gasteiger charge is -2.35. The first kappa shape index (κ1) is 15.4. The fraction of sp³-hybridized carbons (Fsp3) is 0.733.